The molecule has 0 fully saturated rings. The third kappa shape index (κ3) is 3.07. The van der Waals surface area contributed by atoms with Crippen molar-refractivity contribution in [3.63, 3.8) is 0 Å². The summed E-state index contributed by atoms with van der Waals surface area (Å²) < 4.78 is 4.66. The Morgan fingerprint density at radius 1 is 1.41 bits per heavy atom. The van der Waals surface area contributed by atoms with E-state index in [1.54, 1.807) is 6.08 Å². The maximum Gasteiger partial charge on any atom is 0.333 e. The maximum atomic E-state index is 11.5. The van der Waals surface area contributed by atoms with Gasteiger partial charge in [-0.1, -0.05) is 26.8 Å². The number of methoxy groups -OCH3 is 1. The van der Waals surface area contributed by atoms with E-state index in [0.717, 1.165) is 0 Å². The zero-order chi connectivity index (χ0) is 13.2. The van der Waals surface area contributed by atoms with E-state index in [0.29, 0.717) is 11.5 Å². The lowest BCUT2D eigenvalue weighted by Gasteiger charge is -2.35. The van der Waals surface area contributed by atoms with Crippen molar-refractivity contribution in [2.45, 2.75) is 39.4 Å². The van der Waals surface area contributed by atoms with Crippen LogP contribution >= 0.6 is 0 Å². The summed E-state index contributed by atoms with van der Waals surface area (Å²) in [6, 6.07) is 0. The number of hydrogen-bond donors (Lipinski definition) is 2. The van der Waals surface area contributed by atoms with Crippen LogP contribution in [0, 0.1) is 17.8 Å². The van der Waals surface area contributed by atoms with E-state index in [9.17, 15) is 15.0 Å². The first-order valence-corrected chi connectivity index (χ1v) is 6.03. The van der Waals surface area contributed by atoms with Gasteiger partial charge in [-0.25, -0.2) is 4.79 Å². The van der Waals surface area contributed by atoms with Crippen molar-refractivity contribution in [1.82, 2.24) is 0 Å². The van der Waals surface area contributed by atoms with Crippen LogP contribution in [0.4, 0.5) is 0 Å². The molecule has 4 heteroatoms. The van der Waals surface area contributed by atoms with Gasteiger partial charge in [0.25, 0.3) is 0 Å². The van der Waals surface area contributed by atoms with Gasteiger partial charge in [-0.2, -0.15) is 0 Å². The van der Waals surface area contributed by atoms with Gasteiger partial charge in [0.05, 0.1) is 19.3 Å². The minimum Gasteiger partial charge on any atom is -0.466 e. The van der Waals surface area contributed by atoms with Gasteiger partial charge >= 0.3 is 5.97 Å². The molecule has 98 valence electrons. The highest BCUT2D eigenvalue weighted by Crippen LogP contribution is 2.33. The summed E-state index contributed by atoms with van der Waals surface area (Å²) >= 11 is 0. The summed E-state index contributed by atoms with van der Waals surface area (Å²) in [5.74, 6) is -0.0561. The highest BCUT2D eigenvalue weighted by molar-refractivity contribution is 5.88. The van der Waals surface area contributed by atoms with Crippen molar-refractivity contribution < 1.29 is 19.7 Å². The molecule has 0 radical (unpaired) electrons. The number of aliphatic hydroxyl groups excluding tert-OH is 2. The smallest absolute Gasteiger partial charge is 0.333 e. The first-order valence-electron chi connectivity index (χ1n) is 6.03. The van der Waals surface area contributed by atoms with E-state index in [4.69, 9.17) is 0 Å². The number of carbonyl (C=O) groups is 1. The standard InChI is InChI=1S/C13H22O4/c1-7(2)8(3)10-5-9(13(16)17-4)6-11(14)12(10)15/h5,7-8,10-12,14-15H,6H2,1-4H3/t8?,10-,11+,12+/m0/s1. The van der Waals surface area contributed by atoms with Gasteiger partial charge in [-0.15, -0.1) is 0 Å². The molecule has 1 aliphatic carbocycles. The average Bonchev–Trinajstić information content (AvgIpc) is 2.30. The molecule has 2 N–H and O–H groups in total. The summed E-state index contributed by atoms with van der Waals surface area (Å²) in [5.41, 5.74) is 0.461. The van der Waals surface area contributed by atoms with Gasteiger partial charge in [-0.05, 0) is 11.8 Å². The summed E-state index contributed by atoms with van der Waals surface area (Å²) in [4.78, 5) is 11.5. The Kier molecular flexibility index (Phi) is 4.71. The normalized spacial score (nSPS) is 31.0. The number of carbonyl (C=O) groups excluding carboxylic acids is 1. The molecule has 0 spiro atoms. The van der Waals surface area contributed by atoms with E-state index >= 15 is 0 Å². The molecule has 0 saturated carbocycles. The lowest BCUT2D eigenvalue weighted by atomic mass is 9.75. The second kappa shape index (κ2) is 5.65. The fourth-order valence-electron chi connectivity index (χ4n) is 2.19. The molecule has 0 amide bonds. The van der Waals surface area contributed by atoms with Crippen LogP contribution in [0.3, 0.4) is 0 Å². The molecule has 4 atom stereocenters. The van der Waals surface area contributed by atoms with Crippen molar-refractivity contribution in [2.75, 3.05) is 7.11 Å². The Morgan fingerprint density at radius 2 is 2.00 bits per heavy atom. The van der Waals surface area contributed by atoms with Crippen molar-refractivity contribution in [3.05, 3.63) is 11.6 Å². The van der Waals surface area contributed by atoms with Gasteiger partial charge in [0, 0.05) is 17.9 Å². The molecular weight excluding hydrogens is 220 g/mol. The molecule has 0 aromatic heterocycles. The van der Waals surface area contributed by atoms with Crippen molar-refractivity contribution >= 4 is 5.97 Å². The van der Waals surface area contributed by atoms with E-state index in [-0.39, 0.29) is 18.3 Å². The molecule has 17 heavy (non-hydrogen) atoms. The van der Waals surface area contributed by atoms with Crippen LogP contribution in [-0.2, 0) is 9.53 Å². The predicted molar refractivity (Wildman–Crippen MR) is 64.2 cm³/mol. The van der Waals surface area contributed by atoms with E-state index in [2.05, 4.69) is 18.6 Å². The summed E-state index contributed by atoms with van der Waals surface area (Å²) in [7, 11) is 1.32. The second-order valence-corrected chi connectivity index (χ2v) is 5.13. The Hall–Kier alpha value is -0.870. The predicted octanol–water partition coefficient (Wildman–Crippen LogP) is 1.12. The third-order valence-corrected chi connectivity index (χ3v) is 3.72. The van der Waals surface area contributed by atoms with Crippen LogP contribution in [0.5, 0.6) is 0 Å². The lowest BCUT2D eigenvalue weighted by molar-refractivity contribution is -0.137. The molecule has 0 aromatic carbocycles. The number of aliphatic hydroxyl groups is 2. The lowest BCUT2D eigenvalue weighted by Crippen LogP contribution is -2.41. The number of rotatable bonds is 3. The monoisotopic (exact) mass is 242 g/mol. The van der Waals surface area contributed by atoms with Crippen LogP contribution < -0.4 is 0 Å². The van der Waals surface area contributed by atoms with Crippen LogP contribution in [-0.4, -0.2) is 35.5 Å². The Labute approximate surface area is 102 Å². The second-order valence-electron chi connectivity index (χ2n) is 5.13. The molecular formula is C13H22O4. The average molecular weight is 242 g/mol. The molecule has 1 aliphatic rings. The minimum atomic E-state index is -0.889. The molecule has 0 bridgehead atoms. The van der Waals surface area contributed by atoms with Gasteiger partial charge in [0.1, 0.15) is 0 Å². The van der Waals surface area contributed by atoms with E-state index in [1.165, 1.54) is 7.11 Å². The largest absolute Gasteiger partial charge is 0.466 e. The summed E-state index contributed by atoms with van der Waals surface area (Å²) in [6.07, 6.45) is 0.226. The molecule has 1 unspecified atom stereocenters. The minimum absolute atomic E-state index is 0.162. The Bertz CT molecular complexity index is 309. The zero-order valence-electron chi connectivity index (χ0n) is 10.9. The molecule has 0 aromatic rings. The van der Waals surface area contributed by atoms with Crippen LogP contribution in [0.25, 0.3) is 0 Å². The van der Waals surface area contributed by atoms with Crippen molar-refractivity contribution in [3.8, 4) is 0 Å². The first-order chi connectivity index (χ1) is 7.88. The maximum absolute atomic E-state index is 11.5. The molecule has 1 rings (SSSR count). The molecule has 0 saturated heterocycles. The van der Waals surface area contributed by atoms with Crippen molar-refractivity contribution in [2.24, 2.45) is 17.8 Å². The highest BCUT2D eigenvalue weighted by atomic mass is 16.5. The quantitative estimate of drug-likeness (QED) is 0.728. The van der Waals surface area contributed by atoms with Crippen LogP contribution in [0.2, 0.25) is 0 Å². The van der Waals surface area contributed by atoms with E-state index in [1.807, 2.05) is 6.92 Å². The van der Waals surface area contributed by atoms with Gasteiger partial charge in [0.2, 0.25) is 0 Å². The summed E-state index contributed by atoms with van der Waals surface area (Å²) in [6.45, 7) is 6.13. The zero-order valence-corrected chi connectivity index (χ0v) is 10.9. The SMILES string of the molecule is COC(=O)C1=C[C@@H](C(C)C(C)C)[C@@H](O)[C@H](O)C1. The molecule has 0 heterocycles. The fraction of sp³-hybridized carbons (Fsp3) is 0.769. The first kappa shape index (κ1) is 14.2. The fourth-order valence-corrected chi connectivity index (χ4v) is 2.19. The summed E-state index contributed by atoms with van der Waals surface area (Å²) in [5, 5.41) is 19.8. The number of hydrogen-bond acceptors (Lipinski definition) is 4. The van der Waals surface area contributed by atoms with Gasteiger partial charge in [-0.3, -0.25) is 0 Å². The van der Waals surface area contributed by atoms with Crippen LogP contribution in [0.1, 0.15) is 27.2 Å². The van der Waals surface area contributed by atoms with Gasteiger partial charge < -0.3 is 14.9 Å². The highest BCUT2D eigenvalue weighted by Gasteiger charge is 2.36. The third-order valence-electron chi connectivity index (χ3n) is 3.72. The molecule has 0 aliphatic heterocycles. The Morgan fingerprint density at radius 3 is 2.47 bits per heavy atom. The number of esters is 1. The van der Waals surface area contributed by atoms with Crippen molar-refractivity contribution in [1.29, 1.82) is 0 Å². The van der Waals surface area contributed by atoms with Gasteiger partial charge in [0.15, 0.2) is 0 Å². The van der Waals surface area contributed by atoms with Crippen LogP contribution in [0.15, 0.2) is 11.6 Å². The van der Waals surface area contributed by atoms with E-state index < -0.39 is 18.2 Å². The number of ether oxygens (including phenoxy) is 1. The Balaban J connectivity index is 2.96. The molecule has 4 nitrogen and oxygen atoms in total. The topological polar surface area (TPSA) is 66.8 Å².